The van der Waals surface area contributed by atoms with Gasteiger partial charge in [0, 0.05) is 19.0 Å². The van der Waals surface area contributed by atoms with Crippen LogP contribution in [0, 0.1) is 11.8 Å². The number of methoxy groups -OCH3 is 1. The molecule has 3 rings (SSSR count). The van der Waals surface area contributed by atoms with E-state index < -0.39 is 0 Å². The molecule has 2 aliphatic heterocycles. The third kappa shape index (κ3) is 3.53. The van der Waals surface area contributed by atoms with Gasteiger partial charge in [-0.2, -0.15) is 0 Å². The van der Waals surface area contributed by atoms with Gasteiger partial charge in [-0.25, -0.2) is 0 Å². The molecule has 2 aliphatic rings. The summed E-state index contributed by atoms with van der Waals surface area (Å²) >= 11 is 0. The molecule has 2 N–H and O–H groups in total. The molecule has 2 unspecified atom stereocenters. The maximum Gasteiger partial charge on any atom is 0.245 e. The van der Waals surface area contributed by atoms with E-state index in [1.165, 1.54) is 0 Å². The van der Waals surface area contributed by atoms with Crippen LogP contribution < -0.4 is 15.4 Å². The lowest BCUT2D eigenvalue weighted by Gasteiger charge is -2.32. The van der Waals surface area contributed by atoms with Crippen LogP contribution >= 0.6 is 0 Å². The molecule has 2 atom stereocenters. The Bertz CT molecular complexity index is 598. The van der Waals surface area contributed by atoms with Crippen molar-refractivity contribution in [3.05, 3.63) is 29.8 Å². The van der Waals surface area contributed by atoms with Crippen LogP contribution in [-0.2, 0) is 16.1 Å². The number of nitrogens with one attached hydrogen (secondary N) is 2. The van der Waals surface area contributed by atoms with Crippen LogP contribution in [0.5, 0.6) is 5.75 Å². The van der Waals surface area contributed by atoms with Gasteiger partial charge in [0.05, 0.1) is 7.11 Å². The molecule has 2 heterocycles. The van der Waals surface area contributed by atoms with Gasteiger partial charge in [0.15, 0.2) is 0 Å². The summed E-state index contributed by atoms with van der Waals surface area (Å²) in [6.07, 6.45) is 0.677. The monoisotopic (exact) mass is 331 g/mol. The van der Waals surface area contributed by atoms with Gasteiger partial charge in [-0.05, 0) is 43.1 Å². The second-order valence-electron chi connectivity index (χ2n) is 6.66. The van der Waals surface area contributed by atoms with Crippen LogP contribution in [0.15, 0.2) is 24.3 Å². The SMILES string of the molecule is COc1ccc(CN2CCC(NC(=O)C(C)C3CNC3)C2=O)cc1. The Morgan fingerprint density at radius 1 is 1.38 bits per heavy atom. The number of hydrogen-bond donors (Lipinski definition) is 2. The van der Waals surface area contributed by atoms with Gasteiger partial charge in [0.1, 0.15) is 11.8 Å². The molecule has 6 nitrogen and oxygen atoms in total. The normalized spacial score (nSPS) is 22.2. The van der Waals surface area contributed by atoms with E-state index in [1.54, 1.807) is 7.11 Å². The van der Waals surface area contributed by atoms with Gasteiger partial charge >= 0.3 is 0 Å². The molecule has 0 aromatic heterocycles. The molecule has 0 radical (unpaired) electrons. The zero-order valence-electron chi connectivity index (χ0n) is 14.2. The molecule has 24 heavy (non-hydrogen) atoms. The fourth-order valence-electron chi connectivity index (χ4n) is 3.16. The summed E-state index contributed by atoms with van der Waals surface area (Å²) in [6, 6.07) is 7.33. The predicted octanol–water partition coefficient (Wildman–Crippen LogP) is 0.768. The van der Waals surface area contributed by atoms with Crippen molar-refractivity contribution in [1.29, 1.82) is 0 Å². The van der Waals surface area contributed by atoms with Crippen LogP contribution in [-0.4, -0.2) is 49.5 Å². The van der Waals surface area contributed by atoms with E-state index in [4.69, 9.17) is 4.74 Å². The number of nitrogens with zero attached hydrogens (tertiary/aromatic N) is 1. The first-order valence-corrected chi connectivity index (χ1v) is 8.51. The van der Waals surface area contributed by atoms with E-state index in [-0.39, 0.29) is 23.8 Å². The maximum absolute atomic E-state index is 12.5. The number of rotatable bonds is 6. The average Bonchev–Trinajstić information content (AvgIpc) is 2.87. The Kier molecular flexibility index (Phi) is 5.04. The summed E-state index contributed by atoms with van der Waals surface area (Å²) < 4.78 is 5.14. The first-order valence-electron chi connectivity index (χ1n) is 8.51. The zero-order chi connectivity index (χ0) is 17.1. The van der Waals surface area contributed by atoms with Crippen LogP contribution in [0.3, 0.4) is 0 Å². The molecule has 0 saturated carbocycles. The fraction of sp³-hybridized carbons (Fsp3) is 0.556. The van der Waals surface area contributed by atoms with E-state index in [0.717, 1.165) is 24.4 Å². The highest BCUT2D eigenvalue weighted by atomic mass is 16.5. The summed E-state index contributed by atoms with van der Waals surface area (Å²) in [5.74, 6) is 1.15. The van der Waals surface area contributed by atoms with Gasteiger partial charge in [0.2, 0.25) is 11.8 Å². The van der Waals surface area contributed by atoms with E-state index in [1.807, 2.05) is 36.1 Å². The molecule has 1 aromatic rings. The lowest BCUT2D eigenvalue weighted by molar-refractivity contribution is -0.134. The van der Waals surface area contributed by atoms with E-state index in [9.17, 15) is 9.59 Å². The number of benzene rings is 1. The topological polar surface area (TPSA) is 70.7 Å². The minimum atomic E-state index is -0.383. The quantitative estimate of drug-likeness (QED) is 0.808. The van der Waals surface area contributed by atoms with Gasteiger partial charge < -0.3 is 20.3 Å². The molecule has 6 heteroatoms. The lowest BCUT2D eigenvalue weighted by atomic mass is 9.88. The molecule has 2 amide bonds. The smallest absolute Gasteiger partial charge is 0.245 e. The van der Waals surface area contributed by atoms with Crippen LogP contribution in [0.1, 0.15) is 18.9 Å². The van der Waals surface area contributed by atoms with Crippen molar-refractivity contribution in [2.45, 2.75) is 25.9 Å². The molecular weight excluding hydrogens is 306 g/mol. The maximum atomic E-state index is 12.5. The number of amides is 2. The number of carbonyl (C=O) groups excluding carboxylic acids is 2. The van der Waals surface area contributed by atoms with Crippen molar-refractivity contribution in [3.8, 4) is 5.75 Å². The largest absolute Gasteiger partial charge is 0.497 e. The van der Waals surface area contributed by atoms with Gasteiger partial charge in [-0.3, -0.25) is 9.59 Å². The van der Waals surface area contributed by atoms with Gasteiger partial charge in [-0.15, -0.1) is 0 Å². The Labute approximate surface area is 142 Å². The zero-order valence-corrected chi connectivity index (χ0v) is 14.2. The third-order valence-electron chi connectivity index (χ3n) is 5.08. The number of hydrogen-bond acceptors (Lipinski definition) is 4. The predicted molar refractivity (Wildman–Crippen MR) is 90.5 cm³/mol. The number of likely N-dealkylation sites (tertiary alicyclic amines) is 1. The highest BCUT2D eigenvalue weighted by molar-refractivity contribution is 5.89. The third-order valence-corrected chi connectivity index (χ3v) is 5.08. The van der Waals surface area contributed by atoms with Crippen LogP contribution in [0.25, 0.3) is 0 Å². The minimum absolute atomic E-state index is 0.00820. The van der Waals surface area contributed by atoms with Crippen LogP contribution in [0.2, 0.25) is 0 Å². The number of carbonyl (C=O) groups is 2. The minimum Gasteiger partial charge on any atom is -0.497 e. The molecular formula is C18H25N3O3. The second kappa shape index (κ2) is 7.21. The molecule has 2 fully saturated rings. The van der Waals surface area contributed by atoms with Crippen molar-refractivity contribution < 1.29 is 14.3 Å². The van der Waals surface area contributed by atoms with E-state index >= 15 is 0 Å². The second-order valence-corrected chi connectivity index (χ2v) is 6.66. The van der Waals surface area contributed by atoms with Crippen molar-refractivity contribution in [3.63, 3.8) is 0 Å². The average molecular weight is 331 g/mol. The Morgan fingerprint density at radius 3 is 2.67 bits per heavy atom. The first-order chi connectivity index (χ1) is 11.6. The van der Waals surface area contributed by atoms with Crippen molar-refractivity contribution in [1.82, 2.24) is 15.5 Å². The standard InChI is InChI=1S/C18H25N3O3/c1-12(14-9-19-10-14)17(22)20-16-7-8-21(18(16)23)11-13-3-5-15(24-2)6-4-13/h3-6,12,14,16,19H,7-11H2,1-2H3,(H,20,22). The summed E-state index contributed by atoms with van der Waals surface area (Å²) in [7, 11) is 1.63. The summed E-state index contributed by atoms with van der Waals surface area (Å²) in [6.45, 7) is 4.95. The molecule has 0 bridgehead atoms. The van der Waals surface area contributed by atoms with Gasteiger partial charge in [0.25, 0.3) is 0 Å². The Hall–Kier alpha value is -2.08. The van der Waals surface area contributed by atoms with E-state index in [2.05, 4.69) is 10.6 Å². The summed E-state index contributed by atoms with van der Waals surface area (Å²) in [5, 5.41) is 6.11. The van der Waals surface area contributed by atoms with Crippen molar-refractivity contribution in [2.75, 3.05) is 26.7 Å². The van der Waals surface area contributed by atoms with Crippen LogP contribution in [0.4, 0.5) is 0 Å². The fourth-order valence-corrected chi connectivity index (χ4v) is 3.16. The summed E-state index contributed by atoms with van der Waals surface area (Å²) in [5.41, 5.74) is 1.06. The highest BCUT2D eigenvalue weighted by Crippen LogP contribution is 2.20. The summed E-state index contributed by atoms with van der Waals surface area (Å²) in [4.78, 5) is 26.6. The first kappa shape index (κ1) is 16.8. The molecule has 0 spiro atoms. The molecule has 130 valence electrons. The molecule has 2 saturated heterocycles. The van der Waals surface area contributed by atoms with E-state index in [0.29, 0.717) is 25.4 Å². The highest BCUT2D eigenvalue weighted by Gasteiger charge is 2.35. The molecule has 1 aromatic carbocycles. The number of ether oxygens (including phenoxy) is 1. The van der Waals surface area contributed by atoms with Crippen molar-refractivity contribution in [2.24, 2.45) is 11.8 Å². The van der Waals surface area contributed by atoms with Gasteiger partial charge in [-0.1, -0.05) is 19.1 Å². The van der Waals surface area contributed by atoms with Crippen molar-refractivity contribution >= 4 is 11.8 Å². The molecule has 0 aliphatic carbocycles. The lowest BCUT2D eigenvalue weighted by Crippen LogP contribution is -2.52. The Balaban J connectivity index is 1.53. The Morgan fingerprint density at radius 2 is 2.08 bits per heavy atom.